The number of para-hydroxylation sites is 1. The summed E-state index contributed by atoms with van der Waals surface area (Å²) in [5.41, 5.74) is 1.66. The molecule has 1 N–H and O–H groups in total. The van der Waals surface area contributed by atoms with Crippen molar-refractivity contribution in [3.63, 3.8) is 0 Å². The minimum atomic E-state index is -0.0631. The molecule has 0 radical (unpaired) electrons. The van der Waals surface area contributed by atoms with Crippen LogP contribution in [-0.4, -0.2) is 35.2 Å². The highest BCUT2D eigenvalue weighted by atomic mass is 16.5. The monoisotopic (exact) mass is 317 g/mol. The highest BCUT2D eigenvalue weighted by molar-refractivity contribution is 5.80. The predicted molar refractivity (Wildman–Crippen MR) is 89.5 cm³/mol. The van der Waals surface area contributed by atoms with Crippen LogP contribution in [0.4, 0.5) is 0 Å². The molecule has 0 aliphatic rings. The summed E-state index contributed by atoms with van der Waals surface area (Å²) >= 11 is 0. The second-order valence-corrected chi connectivity index (χ2v) is 5.74. The van der Waals surface area contributed by atoms with Gasteiger partial charge in [-0.25, -0.2) is 4.98 Å². The number of methoxy groups -OCH3 is 1. The van der Waals surface area contributed by atoms with E-state index >= 15 is 0 Å². The number of ether oxygens (including phenoxy) is 1. The molecular weight excluding hydrogens is 294 g/mol. The fourth-order valence-electron chi connectivity index (χ4n) is 2.55. The summed E-state index contributed by atoms with van der Waals surface area (Å²) in [6.07, 6.45) is 2.51. The van der Waals surface area contributed by atoms with E-state index < -0.39 is 0 Å². The van der Waals surface area contributed by atoms with Crippen LogP contribution in [0.2, 0.25) is 0 Å². The highest BCUT2D eigenvalue weighted by Gasteiger charge is 2.08. The number of fused-ring (bicyclic) bond motifs is 1. The Hall–Kier alpha value is -2.21. The molecule has 0 fully saturated rings. The van der Waals surface area contributed by atoms with E-state index in [1.165, 1.54) is 0 Å². The SMILES string of the molecule is COCC(C)NC(=O)CCCn1cnc2c(C)cccc2c1=O. The van der Waals surface area contributed by atoms with E-state index in [1.807, 2.05) is 26.0 Å². The first kappa shape index (κ1) is 17.1. The van der Waals surface area contributed by atoms with Crippen LogP contribution in [0.25, 0.3) is 10.9 Å². The predicted octanol–water partition coefficient (Wildman–Crippen LogP) is 1.64. The topological polar surface area (TPSA) is 73.2 Å². The van der Waals surface area contributed by atoms with Gasteiger partial charge in [0.05, 0.1) is 23.8 Å². The summed E-state index contributed by atoms with van der Waals surface area (Å²) in [7, 11) is 1.60. The van der Waals surface area contributed by atoms with Gasteiger partial charge in [-0.2, -0.15) is 0 Å². The van der Waals surface area contributed by atoms with Crippen LogP contribution in [0.15, 0.2) is 29.3 Å². The summed E-state index contributed by atoms with van der Waals surface area (Å²) in [6.45, 7) is 4.78. The van der Waals surface area contributed by atoms with Gasteiger partial charge in [0, 0.05) is 26.1 Å². The molecule has 0 bridgehead atoms. The Morgan fingerprint density at radius 3 is 2.96 bits per heavy atom. The molecule has 1 heterocycles. The minimum Gasteiger partial charge on any atom is -0.383 e. The molecule has 2 rings (SSSR count). The first-order valence-corrected chi connectivity index (χ1v) is 7.76. The molecule has 0 aliphatic carbocycles. The minimum absolute atomic E-state index is 0.0134. The fourth-order valence-corrected chi connectivity index (χ4v) is 2.55. The number of hydrogen-bond donors (Lipinski definition) is 1. The zero-order chi connectivity index (χ0) is 16.8. The maximum atomic E-state index is 12.4. The molecule has 23 heavy (non-hydrogen) atoms. The Morgan fingerprint density at radius 1 is 1.43 bits per heavy atom. The smallest absolute Gasteiger partial charge is 0.261 e. The molecule has 0 saturated carbocycles. The Morgan fingerprint density at radius 2 is 2.22 bits per heavy atom. The average molecular weight is 317 g/mol. The van der Waals surface area contributed by atoms with Gasteiger partial charge in [-0.05, 0) is 31.9 Å². The van der Waals surface area contributed by atoms with Crippen molar-refractivity contribution in [2.45, 2.75) is 39.3 Å². The van der Waals surface area contributed by atoms with Gasteiger partial charge >= 0.3 is 0 Å². The molecule has 1 unspecified atom stereocenters. The van der Waals surface area contributed by atoms with E-state index in [4.69, 9.17) is 4.74 Å². The molecule has 6 heteroatoms. The number of aromatic nitrogens is 2. The quantitative estimate of drug-likeness (QED) is 0.842. The summed E-state index contributed by atoms with van der Waals surface area (Å²) in [5, 5.41) is 3.47. The van der Waals surface area contributed by atoms with E-state index in [1.54, 1.807) is 24.1 Å². The summed E-state index contributed by atoms with van der Waals surface area (Å²) in [4.78, 5) is 28.6. The molecule has 2 aromatic rings. The number of rotatable bonds is 7. The lowest BCUT2D eigenvalue weighted by Gasteiger charge is -2.13. The van der Waals surface area contributed by atoms with E-state index in [2.05, 4.69) is 10.3 Å². The third-order valence-electron chi connectivity index (χ3n) is 3.68. The zero-order valence-corrected chi connectivity index (χ0v) is 13.8. The zero-order valence-electron chi connectivity index (χ0n) is 13.8. The third kappa shape index (κ3) is 4.39. The van der Waals surface area contributed by atoms with E-state index in [9.17, 15) is 9.59 Å². The maximum absolute atomic E-state index is 12.4. The first-order chi connectivity index (χ1) is 11.0. The lowest BCUT2D eigenvalue weighted by Crippen LogP contribution is -2.35. The van der Waals surface area contributed by atoms with Gasteiger partial charge in [0.25, 0.3) is 5.56 Å². The Kier molecular flexibility index (Phi) is 5.87. The standard InChI is InChI=1S/C17H23N3O3/c1-12-6-4-7-14-16(12)18-11-20(17(14)22)9-5-8-15(21)19-13(2)10-23-3/h4,6-7,11,13H,5,8-10H2,1-3H3,(H,19,21). The Bertz CT molecular complexity index is 739. The van der Waals surface area contributed by atoms with Crippen LogP contribution in [0, 0.1) is 6.92 Å². The van der Waals surface area contributed by atoms with Crippen molar-refractivity contribution in [1.29, 1.82) is 0 Å². The number of carbonyl (C=O) groups is 1. The van der Waals surface area contributed by atoms with Gasteiger partial charge in [-0.1, -0.05) is 12.1 Å². The molecule has 1 atom stereocenters. The van der Waals surface area contributed by atoms with E-state index in [-0.39, 0.29) is 17.5 Å². The van der Waals surface area contributed by atoms with Crippen molar-refractivity contribution >= 4 is 16.8 Å². The van der Waals surface area contributed by atoms with Crippen LogP contribution in [0.5, 0.6) is 0 Å². The number of amides is 1. The van der Waals surface area contributed by atoms with Crippen molar-refractivity contribution < 1.29 is 9.53 Å². The van der Waals surface area contributed by atoms with Crippen molar-refractivity contribution in [3.05, 3.63) is 40.4 Å². The fraction of sp³-hybridized carbons (Fsp3) is 0.471. The summed E-state index contributed by atoms with van der Waals surface area (Å²) < 4.78 is 6.54. The molecular formula is C17H23N3O3. The van der Waals surface area contributed by atoms with Gasteiger partial charge in [0.15, 0.2) is 0 Å². The lowest BCUT2D eigenvalue weighted by molar-refractivity contribution is -0.122. The van der Waals surface area contributed by atoms with Gasteiger partial charge in [-0.15, -0.1) is 0 Å². The lowest BCUT2D eigenvalue weighted by atomic mass is 10.1. The van der Waals surface area contributed by atoms with Crippen LogP contribution in [0.3, 0.4) is 0 Å². The van der Waals surface area contributed by atoms with Crippen LogP contribution < -0.4 is 10.9 Å². The molecule has 0 saturated heterocycles. The summed E-state index contributed by atoms with van der Waals surface area (Å²) in [5.74, 6) is -0.0350. The Balaban J connectivity index is 1.97. The molecule has 1 aromatic carbocycles. The van der Waals surface area contributed by atoms with Crippen LogP contribution in [-0.2, 0) is 16.1 Å². The molecule has 0 spiro atoms. The third-order valence-corrected chi connectivity index (χ3v) is 3.68. The molecule has 1 aromatic heterocycles. The second kappa shape index (κ2) is 7.87. The second-order valence-electron chi connectivity index (χ2n) is 5.74. The number of hydrogen-bond acceptors (Lipinski definition) is 4. The van der Waals surface area contributed by atoms with Crippen molar-refractivity contribution in [3.8, 4) is 0 Å². The van der Waals surface area contributed by atoms with Crippen molar-refractivity contribution in [1.82, 2.24) is 14.9 Å². The highest BCUT2D eigenvalue weighted by Crippen LogP contribution is 2.11. The van der Waals surface area contributed by atoms with Crippen LogP contribution in [0.1, 0.15) is 25.3 Å². The Labute approximate surface area is 135 Å². The molecule has 0 aliphatic heterocycles. The van der Waals surface area contributed by atoms with Gasteiger partial charge in [0.2, 0.25) is 5.91 Å². The summed E-state index contributed by atoms with van der Waals surface area (Å²) in [6, 6.07) is 5.56. The van der Waals surface area contributed by atoms with Crippen molar-refractivity contribution in [2.24, 2.45) is 0 Å². The van der Waals surface area contributed by atoms with Crippen molar-refractivity contribution in [2.75, 3.05) is 13.7 Å². The largest absolute Gasteiger partial charge is 0.383 e. The van der Waals surface area contributed by atoms with E-state index in [0.717, 1.165) is 11.1 Å². The maximum Gasteiger partial charge on any atom is 0.261 e. The number of nitrogens with one attached hydrogen (secondary N) is 1. The van der Waals surface area contributed by atoms with Gasteiger partial charge in [0.1, 0.15) is 0 Å². The van der Waals surface area contributed by atoms with Gasteiger partial charge < -0.3 is 10.1 Å². The van der Waals surface area contributed by atoms with E-state index in [0.29, 0.717) is 31.4 Å². The number of aryl methyl sites for hydroxylation is 2. The molecule has 124 valence electrons. The van der Waals surface area contributed by atoms with Crippen LogP contribution >= 0.6 is 0 Å². The number of carbonyl (C=O) groups excluding carboxylic acids is 1. The number of nitrogens with zero attached hydrogens (tertiary/aromatic N) is 2. The first-order valence-electron chi connectivity index (χ1n) is 7.76. The molecule has 1 amide bonds. The van der Waals surface area contributed by atoms with Gasteiger partial charge in [-0.3, -0.25) is 14.2 Å². The number of benzene rings is 1. The average Bonchev–Trinajstić information content (AvgIpc) is 2.50. The molecule has 6 nitrogen and oxygen atoms in total. The normalized spacial score (nSPS) is 12.3.